The van der Waals surface area contributed by atoms with Crippen LogP contribution in [0.25, 0.3) is 0 Å². The van der Waals surface area contributed by atoms with Gasteiger partial charge in [-0.05, 0) is 0 Å². The van der Waals surface area contributed by atoms with Gasteiger partial charge in [-0.15, -0.1) is 12.1 Å². The minimum Gasteiger partial charge on any atom is -0.522 e. The molecule has 1 aromatic rings. The number of methoxy groups -OCH3 is 1. The summed E-state index contributed by atoms with van der Waals surface area (Å²) in [6, 6.07) is 10.2. The molecule has 1 rings (SSSR count). The molecule has 0 aliphatic rings. The fraction of sp³-hybridized carbons (Fsp3) is 0.273. The molecule has 0 bridgehead atoms. The largest absolute Gasteiger partial charge is 0.522 e. The van der Waals surface area contributed by atoms with Gasteiger partial charge in [-0.25, -0.2) is 9.59 Å². The quantitative estimate of drug-likeness (QED) is 0.443. The van der Waals surface area contributed by atoms with Crippen LogP contribution in [0.5, 0.6) is 5.75 Å². The maximum absolute atomic E-state index is 10.6. The predicted molar refractivity (Wildman–Crippen MR) is 59.2 cm³/mol. The van der Waals surface area contributed by atoms with E-state index in [0.29, 0.717) is 0 Å². The summed E-state index contributed by atoms with van der Waals surface area (Å²) in [7, 11) is 1.65. The Morgan fingerprint density at radius 2 is 1.22 bits per heavy atom. The van der Waals surface area contributed by atoms with Crippen LogP contribution in [0.2, 0.25) is 0 Å². The molecule has 23 heavy (non-hydrogen) atoms. The third-order valence-electron chi connectivity index (χ3n) is 1.41. The number of rotatable bonds is 1. The molecule has 0 aliphatic carbocycles. The number of carbonyl (C=O) groups is 2. The molecule has 0 amide bonds. The number of carboxylic acid groups (broad SMARTS) is 2. The van der Waals surface area contributed by atoms with Gasteiger partial charge in [-0.3, -0.25) is 0 Å². The summed E-state index contributed by atoms with van der Waals surface area (Å²) in [5, 5.41) is 14.2. The molecule has 0 saturated heterocycles. The van der Waals surface area contributed by atoms with E-state index in [-0.39, 0.29) is 21.7 Å². The number of alkyl halides is 6. The van der Waals surface area contributed by atoms with E-state index in [1.165, 1.54) is 0 Å². The standard InChI is InChI=1S/C7H7O.2C2HF3O2.Ti/c1-8-7-5-3-2-4-6-7;2*3-2(4,5)1(6)7;/h3-6H,1H3;2*(H,6,7);/q-1;;;. The van der Waals surface area contributed by atoms with Crippen LogP contribution in [0.1, 0.15) is 0 Å². The maximum Gasteiger partial charge on any atom is 0.490 e. The van der Waals surface area contributed by atoms with Crippen molar-refractivity contribution in [3.63, 3.8) is 0 Å². The molecule has 12 heteroatoms. The zero-order valence-electron chi connectivity index (χ0n) is 11.2. The second-order valence-corrected chi connectivity index (χ2v) is 3.05. The van der Waals surface area contributed by atoms with E-state index in [2.05, 4.69) is 6.07 Å². The van der Waals surface area contributed by atoms with Crippen LogP contribution in [-0.4, -0.2) is 41.6 Å². The molecule has 130 valence electrons. The van der Waals surface area contributed by atoms with Crippen molar-refractivity contribution in [2.75, 3.05) is 7.11 Å². The molecular formula is C11H9F6O5Ti-. The molecule has 2 N–H and O–H groups in total. The van der Waals surface area contributed by atoms with Gasteiger partial charge in [0.05, 0.1) is 7.11 Å². The molecule has 0 unspecified atom stereocenters. The molecule has 0 spiro atoms. The molecule has 5 nitrogen and oxygen atoms in total. The summed E-state index contributed by atoms with van der Waals surface area (Å²) in [4.78, 5) is 17.8. The minimum atomic E-state index is -5.08. The van der Waals surface area contributed by atoms with E-state index in [9.17, 15) is 26.3 Å². The van der Waals surface area contributed by atoms with Crippen molar-refractivity contribution < 1.29 is 72.6 Å². The maximum atomic E-state index is 10.6. The van der Waals surface area contributed by atoms with Crippen LogP contribution in [0, 0.1) is 6.07 Å². The van der Waals surface area contributed by atoms with Crippen LogP contribution < -0.4 is 4.74 Å². The SMILES string of the molecule is COc1cc[c-]cc1.O=C(O)C(F)(F)F.O=C(O)C(F)(F)F.[Ti]. The van der Waals surface area contributed by atoms with E-state index in [4.69, 9.17) is 24.5 Å². The summed E-state index contributed by atoms with van der Waals surface area (Å²) in [5.74, 6) is -4.64. The van der Waals surface area contributed by atoms with Gasteiger partial charge in [0, 0.05) is 27.5 Å². The number of benzene rings is 1. The third-order valence-corrected chi connectivity index (χ3v) is 1.41. The number of hydrogen-bond donors (Lipinski definition) is 2. The van der Waals surface area contributed by atoms with Gasteiger partial charge in [-0.2, -0.15) is 44.5 Å². The minimum absolute atomic E-state index is 0. The summed E-state index contributed by atoms with van der Waals surface area (Å²) >= 11 is 0. The second-order valence-electron chi connectivity index (χ2n) is 3.05. The van der Waals surface area contributed by atoms with E-state index in [1.54, 1.807) is 7.11 Å². The molecule has 0 fully saturated rings. The van der Waals surface area contributed by atoms with E-state index < -0.39 is 24.3 Å². The Balaban J connectivity index is -0.000000257. The van der Waals surface area contributed by atoms with Crippen LogP contribution in [0.3, 0.4) is 0 Å². The van der Waals surface area contributed by atoms with Gasteiger partial charge >= 0.3 is 24.3 Å². The molecule has 0 atom stereocenters. The zero-order valence-corrected chi connectivity index (χ0v) is 12.8. The van der Waals surface area contributed by atoms with Crippen LogP contribution in [0.15, 0.2) is 24.3 Å². The third kappa shape index (κ3) is 16.5. The number of ether oxygens (including phenoxy) is 1. The smallest absolute Gasteiger partial charge is 0.490 e. The fourth-order valence-corrected chi connectivity index (χ4v) is 0.508. The summed E-state index contributed by atoms with van der Waals surface area (Å²) in [6.45, 7) is 0. The fourth-order valence-electron chi connectivity index (χ4n) is 0.508. The van der Waals surface area contributed by atoms with Gasteiger partial charge in [-0.1, -0.05) is 0 Å². The first-order chi connectivity index (χ1) is 9.82. The first kappa shape index (κ1) is 26.2. The molecule has 0 heterocycles. The summed E-state index contributed by atoms with van der Waals surface area (Å²) in [6.07, 6.45) is -10.2. The number of halogens is 6. The van der Waals surface area contributed by atoms with Crippen LogP contribution in [0.4, 0.5) is 26.3 Å². The number of hydrogen-bond acceptors (Lipinski definition) is 3. The van der Waals surface area contributed by atoms with Gasteiger partial charge in [0.1, 0.15) is 0 Å². The Morgan fingerprint density at radius 1 is 0.957 bits per heavy atom. The van der Waals surface area contributed by atoms with Crippen LogP contribution >= 0.6 is 0 Å². The number of carboxylic acids is 2. The van der Waals surface area contributed by atoms with E-state index >= 15 is 0 Å². The Kier molecular flexibility index (Phi) is 13.4. The topological polar surface area (TPSA) is 83.8 Å². The normalized spacial score (nSPS) is 9.87. The molecular weight excluding hydrogens is 374 g/mol. The van der Waals surface area contributed by atoms with Crippen molar-refractivity contribution in [3.8, 4) is 5.75 Å². The van der Waals surface area contributed by atoms with E-state index in [0.717, 1.165) is 5.75 Å². The molecule has 0 saturated carbocycles. The van der Waals surface area contributed by atoms with Crippen molar-refractivity contribution in [3.05, 3.63) is 30.3 Å². The van der Waals surface area contributed by atoms with Gasteiger partial charge in [0.15, 0.2) is 0 Å². The molecule has 0 radical (unpaired) electrons. The Labute approximate surface area is 140 Å². The van der Waals surface area contributed by atoms with Gasteiger partial charge in [0.2, 0.25) is 0 Å². The monoisotopic (exact) mass is 383 g/mol. The average molecular weight is 383 g/mol. The van der Waals surface area contributed by atoms with Crippen molar-refractivity contribution >= 4 is 11.9 Å². The van der Waals surface area contributed by atoms with Crippen molar-refractivity contribution in [2.24, 2.45) is 0 Å². The second kappa shape index (κ2) is 11.8. The van der Waals surface area contributed by atoms with Crippen LogP contribution in [-0.2, 0) is 31.3 Å². The van der Waals surface area contributed by atoms with E-state index in [1.807, 2.05) is 24.3 Å². The van der Waals surface area contributed by atoms with Gasteiger partial charge in [0.25, 0.3) is 0 Å². The van der Waals surface area contributed by atoms with Crippen molar-refractivity contribution in [1.29, 1.82) is 0 Å². The zero-order chi connectivity index (χ0) is 18.0. The predicted octanol–water partition coefficient (Wildman–Crippen LogP) is 2.76. The van der Waals surface area contributed by atoms with Gasteiger partial charge < -0.3 is 14.9 Å². The van der Waals surface area contributed by atoms with Crippen molar-refractivity contribution in [1.82, 2.24) is 0 Å². The first-order valence-corrected chi connectivity index (χ1v) is 4.92. The Morgan fingerprint density at radius 3 is 1.35 bits per heavy atom. The number of aliphatic carboxylic acids is 2. The average Bonchev–Trinajstić information content (AvgIpc) is 2.39. The summed E-state index contributed by atoms with van der Waals surface area (Å²) in [5.41, 5.74) is 0. The Hall–Kier alpha value is -1.75. The molecule has 0 aliphatic heterocycles. The first-order valence-electron chi connectivity index (χ1n) is 4.92. The Bertz CT molecular complexity index is 436. The molecule has 0 aromatic heterocycles. The summed E-state index contributed by atoms with van der Waals surface area (Å²) < 4.78 is 68.4. The van der Waals surface area contributed by atoms with Crippen molar-refractivity contribution in [2.45, 2.75) is 12.4 Å². The molecule has 1 aromatic carbocycles.